The Kier molecular flexibility index (Phi) is 6.04. The molecule has 0 aliphatic carbocycles. The molecule has 3 aromatic rings. The summed E-state index contributed by atoms with van der Waals surface area (Å²) in [7, 11) is 0. The van der Waals surface area contributed by atoms with Gasteiger partial charge in [-0.1, -0.05) is 13.8 Å². The van der Waals surface area contributed by atoms with E-state index in [0.717, 1.165) is 29.6 Å². The van der Waals surface area contributed by atoms with E-state index in [4.69, 9.17) is 4.98 Å². The van der Waals surface area contributed by atoms with Gasteiger partial charge in [0, 0.05) is 36.4 Å². The molecule has 1 aliphatic heterocycles. The summed E-state index contributed by atoms with van der Waals surface area (Å²) in [6, 6.07) is 2.03. The monoisotopic (exact) mass is 440 g/mol. The first-order valence-corrected chi connectivity index (χ1v) is 11.6. The van der Waals surface area contributed by atoms with Gasteiger partial charge in [0.2, 0.25) is 5.91 Å². The highest BCUT2D eigenvalue weighted by Gasteiger charge is 2.31. The van der Waals surface area contributed by atoms with Crippen LogP contribution in [-0.4, -0.2) is 49.6 Å². The lowest BCUT2D eigenvalue weighted by atomic mass is 9.96. The van der Waals surface area contributed by atoms with Gasteiger partial charge in [0.1, 0.15) is 0 Å². The van der Waals surface area contributed by atoms with Crippen molar-refractivity contribution >= 4 is 39.3 Å². The number of rotatable bonds is 5. The zero-order chi connectivity index (χ0) is 22.1. The van der Waals surface area contributed by atoms with Crippen molar-refractivity contribution in [2.24, 2.45) is 5.92 Å². The minimum atomic E-state index is -0.248. The van der Waals surface area contributed by atoms with E-state index < -0.39 is 0 Å². The van der Waals surface area contributed by atoms with Gasteiger partial charge in [0.05, 0.1) is 23.1 Å². The third-order valence-corrected chi connectivity index (χ3v) is 6.33. The lowest BCUT2D eigenvalue weighted by Gasteiger charge is -2.32. The van der Waals surface area contributed by atoms with E-state index >= 15 is 0 Å². The highest BCUT2D eigenvalue weighted by Crippen LogP contribution is 2.27. The van der Waals surface area contributed by atoms with Crippen molar-refractivity contribution < 1.29 is 9.59 Å². The number of carbonyl (C=O) groups excluding carboxylic acids is 2. The van der Waals surface area contributed by atoms with Crippen LogP contribution >= 0.6 is 11.3 Å². The summed E-state index contributed by atoms with van der Waals surface area (Å²) in [6.45, 7) is 9.27. The van der Waals surface area contributed by atoms with Gasteiger partial charge in [-0.2, -0.15) is 5.10 Å². The maximum absolute atomic E-state index is 13.6. The van der Waals surface area contributed by atoms with Crippen LogP contribution in [0.4, 0.5) is 5.13 Å². The van der Waals surface area contributed by atoms with Crippen molar-refractivity contribution in [3.63, 3.8) is 0 Å². The predicted octanol–water partition coefficient (Wildman–Crippen LogP) is 4.08. The molecular formula is C22H28N6O2S. The van der Waals surface area contributed by atoms with Crippen molar-refractivity contribution in [2.75, 3.05) is 18.4 Å². The Bertz CT molecular complexity index is 1090. The summed E-state index contributed by atoms with van der Waals surface area (Å²) in [5.74, 6) is -0.210. The molecule has 1 aliphatic rings. The van der Waals surface area contributed by atoms with E-state index in [2.05, 4.69) is 29.2 Å². The van der Waals surface area contributed by atoms with Gasteiger partial charge in [-0.05, 0) is 38.7 Å². The van der Waals surface area contributed by atoms with E-state index in [1.165, 1.54) is 11.3 Å². The van der Waals surface area contributed by atoms with Crippen LogP contribution in [0.5, 0.6) is 0 Å². The average Bonchev–Trinajstić information content (AvgIpc) is 3.42. The van der Waals surface area contributed by atoms with Crippen LogP contribution in [0.15, 0.2) is 23.8 Å². The van der Waals surface area contributed by atoms with Gasteiger partial charge >= 0.3 is 0 Å². The SMILES string of the molecule is CC(C)c1cc(C(=O)N2CCCC(C(=O)Nc3nccs3)C2)c2cnn(C(C)C)c2n1. The molecule has 9 heteroatoms. The fourth-order valence-electron chi connectivity index (χ4n) is 3.93. The van der Waals surface area contributed by atoms with Gasteiger partial charge in [0.15, 0.2) is 10.8 Å². The molecule has 1 atom stereocenters. The van der Waals surface area contributed by atoms with Crippen LogP contribution in [-0.2, 0) is 4.79 Å². The van der Waals surface area contributed by atoms with E-state index in [1.54, 1.807) is 17.3 Å². The minimum Gasteiger partial charge on any atom is -0.338 e. The van der Waals surface area contributed by atoms with E-state index in [0.29, 0.717) is 23.8 Å². The Morgan fingerprint density at radius 3 is 2.74 bits per heavy atom. The summed E-state index contributed by atoms with van der Waals surface area (Å²) >= 11 is 1.39. The first-order valence-electron chi connectivity index (χ1n) is 10.7. The van der Waals surface area contributed by atoms with Gasteiger partial charge < -0.3 is 10.2 Å². The smallest absolute Gasteiger partial charge is 0.254 e. The van der Waals surface area contributed by atoms with Crippen LogP contribution in [0, 0.1) is 5.92 Å². The minimum absolute atomic E-state index is 0.0654. The number of carbonyl (C=O) groups is 2. The number of amides is 2. The lowest BCUT2D eigenvalue weighted by Crippen LogP contribution is -2.43. The number of aromatic nitrogens is 4. The summed E-state index contributed by atoms with van der Waals surface area (Å²) < 4.78 is 1.86. The standard InChI is InChI=1S/C22H28N6O2S/c1-13(2)18-10-16(17-11-24-28(14(3)4)19(17)25-18)21(30)27-8-5-6-15(12-27)20(29)26-22-23-7-9-31-22/h7,9-11,13-15H,5-6,8,12H2,1-4H3,(H,23,26,29). The van der Waals surface area contributed by atoms with Gasteiger partial charge in [-0.3, -0.25) is 9.59 Å². The number of thiazole rings is 1. The Labute approximate surface area is 185 Å². The number of nitrogens with one attached hydrogen (secondary N) is 1. The van der Waals surface area contributed by atoms with Gasteiger partial charge in [-0.15, -0.1) is 11.3 Å². The largest absolute Gasteiger partial charge is 0.338 e. The van der Waals surface area contributed by atoms with Gasteiger partial charge in [-0.25, -0.2) is 14.6 Å². The number of fused-ring (bicyclic) bond motifs is 1. The lowest BCUT2D eigenvalue weighted by molar-refractivity contribution is -0.121. The second-order valence-corrected chi connectivity index (χ2v) is 9.48. The Morgan fingerprint density at radius 1 is 1.26 bits per heavy atom. The van der Waals surface area contributed by atoms with E-state index in [1.807, 2.05) is 30.0 Å². The number of hydrogen-bond acceptors (Lipinski definition) is 6. The van der Waals surface area contributed by atoms with Crippen molar-refractivity contribution in [2.45, 2.75) is 52.5 Å². The second kappa shape index (κ2) is 8.74. The number of hydrogen-bond donors (Lipinski definition) is 1. The number of anilines is 1. The van der Waals surface area contributed by atoms with Crippen molar-refractivity contribution in [3.8, 4) is 0 Å². The first kappa shape index (κ1) is 21.4. The Hall–Kier alpha value is -2.81. The molecule has 4 heterocycles. The van der Waals surface area contributed by atoms with Crippen LogP contribution in [0.2, 0.25) is 0 Å². The Balaban J connectivity index is 1.61. The quantitative estimate of drug-likeness (QED) is 0.645. The third kappa shape index (κ3) is 4.32. The molecule has 0 bridgehead atoms. The summed E-state index contributed by atoms with van der Waals surface area (Å²) in [6.07, 6.45) is 4.94. The molecule has 0 aromatic carbocycles. The molecule has 0 saturated carbocycles. The molecular weight excluding hydrogens is 412 g/mol. The molecule has 4 rings (SSSR count). The molecule has 1 saturated heterocycles. The first-order chi connectivity index (χ1) is 14.8. The number of likely N-dealkylation sites (tertiary alicyclic amines) is 1. The highest BCUT2D eigenvalue weighted by molar-refractivity contribution is 7.13. The highest BCUT2D eigenvalue weighted by atomic mass is 32.1. The molecule has 0 radical (unpaired) electrons. The van der Waals surface area contributed by atoms with Crippen molar-refractivity contribution in [3.05, 3.63) is 35.1 Å². The maximum atomic E-state index is 13.6. The van der Waals surface area contributed by atoms with Crippen LogP contribution in [0.25, 0.3) is 11.0 Å². The molecule has 0 spiro atoms. The molecule has 31 heavy (non-hydrogen) atoms. The van der Waals surface area contributed by atoms with Crippen molar-refractivity contribution in [1.29, 1.82) is 0 Å². The Morgan fingerprint density at radius 2 is 2.06 bits per heavy atom. The molecule has 164 valence electrons. The number of piperidine rings is 1. The molecule has 8 nitrogen and oxygen atoms in total. The normalized spacial score (nSPS) is 17.0. The second-order valence-electron chi connectivity index (χ2n) is 8.59. The van der Waals surface area contributed by atoms with Crippen LogP contribution in [0.3, 0.4) is 0 Å². The summed E-state index contributed by atoms with van der Waals surface area (Å²) in [5, 5.41) is 10.5. The third-order valence-electron chi connectivity index (χ3n) is 5.64. The fourth-order valence-corrected chi connectivity index (χ4v) is 4.46. The molecule has 1 N–H and O–H groups in total. The molecule has 3 aromatic heterocycles. The van der Waals surface area contributed by atoms with Crippen LogP contribution < -0.4 is 5.32 Å². The number of pyridine rings is 1. The zero-order valence-corrected chi connectivity index (χ0v) is 19.1. The summed E-state index contributed by atoms with van der Waals surface area (Å²) in [4.78, 5) is 37.0. The maximum Gasteiger partial charge on any atom is 0.254 e. The zero-order valence-electron chi connectivity index (χ0n) is 18.3. The fraction of sp³-hybridized carbons (Fsp3) is 0.500. The van der Waals surface area contributed by atoms with Crippen LogP contribution in [0.1, 0.15) is 68.5 Å². The molecule has 1 unspecified atom stereocenters. The molecule has 1 fully saturated rings. The van der Waals surface area contributed by atoms with Crippen molar-refractivity contribution in [1.82, 2.24) is 24.6 Å². The molecule has 2 amide bonds. The predicted molar refractivity (Wildman–Crippen MR) is 121 cm³/mol. The van der Waals surface area contributed by atoms with Gasteiger partial charge in [0.25, 0.3) is 5.91 Å². The van der Waals surface area contributed by atoms with E-state index in [9.17, 15) is 9.59 Å². The summed E-state index contributed by atoms with van der Waals surface area (Å²) in [5.41, 5.74) is 2.22. The average molecular weight is 441 g/mol. The number of nitrogens with zero attached hydrogens (tertiary/aromatic N) is 5. The van der Waals surface area contributed by atoms with E-state index in [-0.39, 0.29) is 29.7 Å². The topological polar surface area (TPSA) is 93.0 Å².